The van der Waals surface area contributed by atoms with Crippen LogP contribution in [0.1, 0.15) is 29.5 Å². The van der Waals surface area contributed by atoms with Gasteiger partial charge in [-0.05, 0) is 56.9 Å². The van der Waals surface area contributed by atoms with Crippen molar-refractivity contribution in [2.75, 3.05) is 31.1 Å². The molecule has 0 unspecified atom stereocenters. The zero-order chi connectivity index (χ0) is 21.5. The summed E-state index contributed by atoms with van der Waals surface area (Å²) in [7, 11) is -3.66. The Morgan fingerprint density at radius 2 is 1.77 bits per heavy atom. The fourth-order valence-electron chi connectivity index (χ4n) is 4.68. The SMILES string of the molecule is Cc1cc(C)c(S(=O)(=O)N2CCC[C@@H](C(=O)N3CCOc4ccccc43)C2)c(C)c1. The summed E-state index contributed by atoms with van der Waals surface area (Å²) < 4.78 is 34.1. The van der Waals surface area contributed by atoms with Crippen molar-refractivity contribution in [3.05, 3.63) is 53.1 Å². The van der Waals surface area contributed by atoms with E-state index in [0.29, 0.717) is 43.2 Å². The van der Waals surface area contributed by atoms with E-state index in [1.54, 1.807) is 4.90 Å². The minimum atomic E-state index is -3.66. The molecule has 1 fully saturated rings. The number of amides is 1. The van der Waals surface area contributed by atoms with Gasteiger partial charge in [0.25, 0.3) is 0 Å². The highest BCUT2D eigenvalue weighted by molar-refractivity contribution is 7.89. The summed E-state index contributed by atoms with van der Waals surface area (Å²) in [6, 6.07) is 11.3. The van der Waals surface area contributed by atoms with Crippen LogP contribution < -0.4 is 9.64 Å². The first-order chi connectivity index (χ1) is 14.3. The van der Waals surface area contributed by atoms with Gasteiger partial charge in [0.2, 0.25) is 15.9 Å². The predicted molar refractivity (Wildman–Crippen MR) is 116 cm³/mol. The number of benzene rings is 2. The lowest BCUT2D eigenvalue weighted by atomic mass is 9.97. The van der Waals surface area contributed by atoms with Gasteiger partial charge in [0, 0.05) is 13.1 Å². The largest absolute Gasteiger partial charge is 0.490 e. The molecule has 0 aliphatic carbocycles. The quantitative estimate of drug-likeness (QED) is 0.751. The van der Waals surface area contributed by atoms with Gasteiger partial charge in [-0.15, -0.1) is 0 Å². The average Bonchev–Trinajstić information content (AvgIpc) is 2.72. The molecule has 0 radical (unpaired) electrons. The van der Waals surface area contributed by atoms with Crippen molar-refractivity contribution in [3.63, 3.8) is 0 Å². The minimum absolute atomic E-state index is 0.0250. The first-order valence-corrected chi connectivity index (χ1v) is 11.8. The molecule has 2 heterocycles. The van der Waals surface area contributed by atoms with E-state index in [-0.39, 0.29) is 18.4 Å². The first kappa shape index (κ1) is 20.9. The second kappa shape index (κ2) is 8.04. The van der Waals surface area contributed by atoms with Gasteiger partial charge >= 0.3 is 0 Å². The third-order valence-electron chi connectivity index (χ3n) is 5.93. The second-order valence-corrected chi connectivity index (χ2v) is 10.1. The molecular formula is C23H28N2O4S. The van der Waals surface area contributed by atoms with Crippen molar-refractivity contribution in [3.8, 4) is 5.75 Å². The number of hydrogen-bond acceptors (Lipinski definition) is 4. The summed E-state index contributed by atoms with van der Waals surface area (Å²) in [6.45, 7) is 7.22. The number of sulfonamides is 1. The number of carbonyl (C=O) groups is 1. The number of carbonyl (C=O) groups excluding carboxylic acids is 1. The first-order valence-electron chi connectivity index (χ1n) is 10.4. The molecule has 4 rings (SSSR count). The van der Waals surface area contributed by atoms with Crippen LogP contribution in [0.5, 0.6) is 5.75 Å². The highest BCUT2D eigenvalue weighted by Crippen LogP contribution is 2.34. The Bertz CT molecular complexity index is 1060. The summed E-state index contributed by atoms with van der Waals surface area (Å²) in [5.41, 5.74) is 3.31. The summed E-state index contributed by atoms with van der Waals surface area (Å²) in [5, 5.41) is 0. The molecule has 7 heteroatoms. The van der Waals surface area contributed by atoms with Crippen LogP contribution in [0.4, 0.5) is 5.69 Å². The van der Waals surface area contributed by atoms with E-state index in [0.717, 1.165) is 22.4 Å². The van der Waals surface area contributed by atoms with Crippen LogP contribution >= 0.6 is 0 Å². The normalized spacial score (nSPS) is 19.8. The van der Waals surface area contributed by atoms with Crippen molar-refractivity contribution in [1.82, 2.24) is 4.31 Å². The van der Waals surface area contributed by atoms with Crippen LogP contribution in [0, 0.1) is 26.7 Å². The number of piperidine rings is 1. The monoisotopic (exact) mass is 428 g/mol. The highest BCUT2D eigenvalue weighted by atomic mass is 32.2. The summed E-state index contributed by atoms with van der Waals surface area (Å²) in [4.78, 5) is 15.5. The van der Waals surface area contributed by atoms with Crippen molar-refractivity contribution in [2.45, 2.75) is 38.5 Å². The molecule has 2 aromatic carbocycles. The van der Waals surface area contributed by atoms with Crippen molar-refractivity contribution in [2.24, 2.45) is 5.92 Å². The van der Waals surface area contributed by atoms with E-state index in [1.807, 2.05) is 57.2 Å². The summed E-state index contributed by atoms with van der Waals surface area (Å²) in [6.07, 6.45) is 1.36. The zero-order valence-corrected chi connectivity index (χ0v) is 18.5. The molecular weight excluding hydrogens is 400 g/mol. The molecule has 160 valence electrons. The van der Waals surface area contributed by atoms with E-state index < -0.39 is 10.0 Å². The fraction of sp³-hybridized carbons (Fsp3) is 0.435. The number of nitrogens with zero attached hydrogens (tertiary/aromatic N) is 2. The molecule has 6 nitrogen and oxygen atoms in total. The zero-order valence-electron chi connectivity index (χ0n) is 17.7. The lowest BCUT2D eigenvalue weighted by molar-refractivity contribution is -0.123. The number of rotatable bonds is 3. The number of ether oxygens (including phenoxy) is 1. The molecule has 0 saturated carbocycles. The van der Waals surface area contributed by atoms with E-state index >= 15 is 0 Å². The summed E-state index contributed by atoms with van der Waals surface area (Å²) in [5.74, 6) is 0.317. The van der Waals surface area contributed by atoms with Crippen molar-refractivity contribution in [1.29, 1.82) is 0 Å². The minimum Gasteiger partial charge on any atom is -0.490 e. The third-order valence-corrected chi connectivity index (χ3v) is 8.10. The van der Waals surface area contributed by atoms with Gasteiger partial charge in [0.05, 0.1) is 23.0 Å². The third kappa shape index (κ3) is 3.72. The Morgan fingerprint density at radius 3 is 2.50 bits per heavy atom. The second-order valence-electron chi connectivity index (χ2n) is 8.24. The molecule has 2 aromatic rings. The maximum atomic E-state index is 13.5. The smallest absolute Gasteiger partial charge is 0.243 e. The Balaban J connectivity index is 1.59. The molecule has 1 atom stereocenters. The van der Waals surface area contributed by atoms with Crippen LogP contribution in [-0.2, 0) is 14.8 Å². The topological polar surface area (TPSA) is 66.9 Å². The van der Waals surface area contributed by atoms with Crippen LogP contribution in [0.3, 0.4) is 0 Å². The lowest BCUT2D eigenvalue weighted by Gasteiger charge is -2.36. The Hall–Kier alpha value is -2.38. The fourth-order valence-corrected chi connectivity index (χ4v) is 6.62. The maximum Gasteiger partial charge on any atom is 0.243 e. The van der Waals surface area contributed by atoms with Gasteiger partial charge in [-0.25, -0.2) is 8.42 Å². The molecule has 0 bridgehead atoms. The highest BCUT2D eigenvalue weighted by Gasteiger charge is 2.37. The van der Waals surface area contributed by atoms with E-state index in [2.05, 4.69) is 0 Å². The van der Waals surface area contributed by atoms with Crippen LogP contribution in [0.25, 0.3) is 0 Å². The average molecular weight is 429 g/mol. The van der Waals surface area contributed by atoms with Crippen molar-refractivity contribution >= 4 is 21.6 Å². The molecule has 0 spiro atoms. The molecule has 0 N–H and O–H groups in total. The van der Waals surface area contributed by atoms with E-state index in [1.165, 1.54) is 4.31 Å². The Kier molecular flexibility index (Phi) is 5.59. The predicted octanol–water partition coefficient (Wildman–Crippen LogP) is 3.44. The number of para-hydroxylation sites is 2. The van der Waals surface area contributed by atoms with Gasteiger partial charge in [-0.3, -0.25) is 4.79 Å². The number of hydrogen-bond donors (Lipinski definition) is 0. The van der Waals surface area contributed by atoms with Crippen LogP contribution in [0.2, 0.25) is 0 Å². The van der Waals surface area contributed by atoms with E-state index in [9.17, 15) is 13.2 Å². The Morgan fingerprint density at radius 1 is 1.07 bits per heavy atom. The van der Waals surface area contributed by atoms with E-state index in [4.69, 9.17) is 4.74 Å². The van der Waals surface area contributed by atoms with Gasteiger partial charge in [-0.2, -0.15) is 4.31 Å². The van der Waals surface area contributed by atoms with Gasteiger partial charge < -0.3 is 9.64 Å². The molecule has 1 saturated heterocycles. The summed E-state index contributed by atoms with van der Waals surface area (Å²) >= 11 is 0. The van der Waals surface area contributed by atoms with Gasteiger partial charge in [0.1, 0.15) is 12.4 Å². The maximum absolute atomic E-state index is 13.5. The van der Waals surface area contributed by atoms with Crippen LogP contribution in [0.15, 0.2) is 41.3 Å². The lowest BCUT2D eigenvalue weighted by Crippen LogP contribution is -2.48. The molecule has 0 aromatic heterocycles. The van der Waals surface area contributed by atoms with Gasteiger partial charge in [-0.1, -0.05) is 29.8 Å². The van der Waals surface area contributed by atoms with Crippen molar-refractivity contribution < 1.29 is 17.9 Å². The van der Waals surface area contributed by atoms with Gasteiger partial charge in [0.15, 0.2) is 0 Å². The Labute approximate surface area is 178 Å². The number of anilines is 1. The van der Waals surface area contributed by atoms with Crippen LogP contribution in [-0.4, -0.2) is 44.9 Å². The molecule has 30 heavy (non-hydrogen) atoms. The number of fused-ring (bicyclic) bond motifs is 1. The molecule has 2 aliphatic heterocycles. The number of aryl methyl sites for hydroxylation is 3. The molecule has 1 amide bonds. The standard InChI is InChI=1S/C23H28N2O4S/c1-16-13-17(2)22(18(3)14-16)30(27,28)24-10-6-7-19(15-24)23(26)25-11-12-29-21-9-5-4-8-20(21)25/h4-5,8-9,13-14,19H,6-7,10-12,15H2,1-3H3/t19-/m1/s1. The molecule has 2 aliphatic rings.